The van der Waals surface area contributed by atoms with E-state index in [9.17, 15) is 14.4 Å². The third kappa shape index (κ3) is 47.2. The summed E-state index contributed by atoms with van der Waals surface area (Å²) in [6.07, 6.45) is 63.8. The van der Waals surface area contributed by atoms with Crippen LogP contribution in [0.5, 0.6) is 0 Å². The van der Waals surface area contributed by atoms with Crippen LogP contribution in [-0.2, 0) is 28.6 Å². The maximum absolute atomic E-state index is 12.8. The summed E-state index contributed by atoms with van der Waals surface area (Å²) in [5, 5.41) is 0. The van der Waals surface area contributed by atoms with Crippen LogP contribution in [0.2, 0.25) is 0 Å². The lowest BCUT2D eigenvalue weighted by molar-refractivity contribution is -0.167. The second kappa shape index (κ2) is 49.0. The van der Waals surface area contributed by atoms with Crippen LogP contribution in [-0.4, -0.2) is 37.2 Å². The van der Waals surface area contributed by atoms with Gasteiger partial charge in [0.05, 0.1) is 0 Å². The average Bonchev–Trinajstić information content (AvgIpc) is 3.26. The Morgan fingerprint density at radius 3 is 1.11 bits per heavy atom. The van der Waals surface area contributed by atoms with E-state index < -0.39 is 6.10 Å². The normalized spacial score (nSPS) is 12.9. The molecule has 0 radical (unpaired) electrons. The first-order chi connectivity index (χ1) is 30.0. The molecule has 0 N–H and O–H groups in total. The van der Waals surface area contributed by atoms with Crippen LogP contribution in [0, 0.1) is 0 Å². The van der Waals surface area contributed by atoms with Crippen molar-refractivity contribution in [2.45, 2.75) is 219 Å². The molecule has 0 saturated heterocycles. The fourth-order valence-electron chi connectivity index (χ4n) is 6.52. The molecule has 6 nitrogen and oxygen atoms in total. The van der Waals surface area contributed by atoms with E-state index in [1.807, 2.05) is 72.9 Å². The molecule has 0 aromatic carbocycles. The van der Waals surface area contributed by atoms with Crippen LogP contribution >= 0.6 is 0 Å². The van der Waals surface area contributed by atoms with Gasteiger partial charge in [0.1, 0.15) is 13.2 Å². The van der Waals surface area contributed by atoms with Gasteiger partial charge >= 0.3 is 17.9 Å². The molecule has 0 rings (SSSR count). The number of carbonyl (C=O) groups excluding carboxylic acids is 3. The molecule has 0 aromatic heterocycles. The first-order valence-electron chi connectivity index (χ1n) is 24.8. The highest BCUT2D eigenvalue weighted by Gasteiger charge is 2.19. The third-order valence-corrected chi connectivity index (χ3v) is 10.3. The molecule has 1 atom stereocenters. The Hall–Kier alpha value is -3.67. The standard InChI is InChI=1S/C55H90O6/c1-4-7-10-13-16-19-22-24-26-27-28-29-30-32-33-36-39-42-45-48-54(57)60-51-52(50-59-53(56)47-44-41-38-35-21-18-15-12-9-6-3)61-55(58)49-46-43-40-37-34-31-25-23-20-17-14-11-8-5-2/h7,10,13,15-16,18-19,22,24,26-30,32-33,52H,4-6,8-9,11-12,14,17,20-21,23,25,31,34-51H2,1-3H3/b10-7-,16-13-,18-15-,22-19-,26-24-,28-27+,30-29-,33-32-. The minimum Gasteiger partial charge on any atom is -0.462 e. The van der Waals surface area contributed by atoms with E-state index in [0.717, 1.165) is 89.9 Å². The predicted octanol–water partition coefficient (Wildman–Crippen LogP) is 16.2. The molecular formula is C55H90O6. The molecule has 0 saturated carbocycles. The lowest BCUT2D eigenvalue weighted by Gasteiger charge is -2.18. The molecule has 0 aromatic rings. The van der Waals surface area contributed by atoms with Gasteiger partial charge in [-0.2, -0.15) is 0 Å². The monoisotopic (exact) mass is 847 g/mol. The maximum atomic E-state index is 12.8. The molecule has 0 fully saturated rings. The molecule has 0 aliphatic heterocycles. The van der Waals surface area contributed by atoms with Crippen LogP contribution < -0.4 is 0 Å². The number of unbranched alkanes of at least 4 members (excludes halogenated alkanes) is 22. The second-order valence-electron chi connectivity index (χ2n) is 16.2. The molecular weight excluding hydrogens is 757 g/mol. The van der Waals surface area contributed by atoms with Gasteiger partial charge in [0, 0.05) is 19.3 Å². The molecule has 0 spiro atoms. The van der Waals surface area contributed by atoms with Crippen molar-refractivity contribution in [2.75, 3.05) is 13.2 Å². The first-order valence-corrected chi connectivity index (χ1v) is 24.8. The van der Waals surface area contributed by atoms with E-state index in [1.54, 1.807) is 0 Å². The van der Waals surface area contributed by atoms with Crippen LogP contribution in [0.4, 0.5) is 0 Å². The maximum Gasteiger partial charge on any atom is 0.306 e. The summed E-state index contributed by atoms with van der Waals surface area (Å²) in [4.78, 5) is 37.9. The van der Waals surface area contributed by atoms with Crippen LogP contribution in [0.3, 0.4) is 0 Å². The number of esters is 3. The van der Waals surface area contributed by atoms with Gasteiger partial charge in [-0.1, -0.05) is 234 Å². The van der Waals surface area contributed by atoms with E-state index in [4.69, 9.17) is 14.2 Å². The zero-order valence-corrected chi connectivity index (χ0v) is 39.4. The Balaban J connectivity index is 4.48. The molecule has 61 heavy (non-hydrogen) atoms. The zero-order chi connectivity index (χ0) is 44.4. The summed E-state index contributed by atoms with van der Waals surface area (Å²) in [6, 6.07) is 0. The van der Waals surface area contributed by atoms with Gasteiger partial charge in [-0.15, -0.1) is 0 Å². The quantitative estimate of drug-likeness (QED) is 0.0200. The highest BCUT2D eigenvalue weighted by atomic mass is 16.6. The van der Waals surface area contributed by atoms with Gasteiger partial charge in [0.2, 0.25) is 0 Å². The third-order valence-electron chi connectivity index (χ3n) is 10.3. The van der Waals surface area contributed by atoms with Crippen LogP contribution in [0.15, 0.2) is 97.2 Å². The molecule has 6 heteroatoms. The topological polar surface area (TPSA) is 78.9 Å². The number of ether oxygens (including phenoxy) is 3. The van der Waals surface area contributed by atoms with Crippen molar-refractivity contribution in [3.63, 3.8) is 0 Å². The fourth-order valence-corrected chi connectivity index (χ4v) is 6.52. The number of rotatable bonds is 43. The molecule has 0 bridgehead atoms. The molecule has 0 aliphatic carbocycles. The highest BCUT2D eigenvalue weighted by Crippen LogP contribution is 2.15. The zero-order valence-electron chi connectivity index (χ0n) is 39.4. The van der Waals surface area contributed by atoms with Crippen LogP contribution in [0.1, 0.15) is 213 Å². The van der Waals surface area contributed by atoms with Crippen LogP contribution in [0.25, 0.3) is 0 Å². The van der Waals surface area contributed by atoms with E-state index in [0.29, 0.717) is 19.3 Å². The molecule has 0 aliphatic rings. The Morgan fingerprint density at radius 2 is 0.672 bits per heavy atom. The summed E-state index contributed by atoms with van der Waals surface area (Å²) in [5.74, 6) is -0.960. The van der Waals surface area contributed by atoms with Crippen molar-refractivity contribution in [2.24, 2.45) is 0 Å². The summed E-state index contributed by atoms with van der Waals surface area (Å²) in [7, 11) is 0. The largest absolute Gasteiger partial charge is 0.462 e. The van der Waals surface area contributed by atoms with Crippen molar-refractivity contribution < 1.29 is 28.6 Å². The molecule has 346 valence electrons. The molecule has 0 heterocycles. The van der Waals surface area contributed by atoms with Crippen molar-refractivity contribution in [1.82, 2.24) is 0 Å². The number of allylic oxidation sites excluding steroid dienone is 16. The van der Waals surface area contributed by atoms with E-state index in [1.165, 1.54) is 83.5 Å². The minimum absolute atomic E-state index is 0.0982. The summed E-state index contributed by atoms with van der Waals surface area (Å²) in [6.45, 7) is 6.39. The summed E-state index contributed by atoms with van der Waals surface area (Å²) < 4.78 is 16.7. The van der Waals surface area contributed by atoms with Gasteiger partial charge < -0.3 is 14.2 Å². The summed E-state index contributed by atoms with van der Waals surface area (Å²) >= 11 is 0. The molecule has 0 amide bonds. The SMILES string of the molecule is CC\C=C/C=C\C=C/C=C\C=C\C=C/C=C\CCCCCC(=O)OCC(COC(=O)CCCCCC/C=C\CCCC)OC(=O)CCCCCCCCCCCCCCCC. The highest BCUT2D eigenvalue weighted by molar-refractivity contribution is 5.71. The first kappa shape index (κ1) is 57.3. The van der Waals surface area contributed by atoms with Crippen molar-refractivity contribution in [1.29, 1.82) is 0 Å². The van der Waals surface area contributed by atoms with Gasteiger partial charge in [-0.05, 0) is 57.8 Å². The Bertz CT molecular complexity index is 1250. The second-order valence-corrected chi connectivity index (χ2v) is 16.2. The van der Waals surface area contributed by atoms with Crippen molar-refractivity contribution >= 4 is 17.9 Å². The Kier molecular flexibility index (Phi) is 46.0. The number of hydrogen-bond donors (Lipinski definition) is 0. The van der Waals surface area contributed by atoms with E-state index >= 15 is 0 Å². The summed E-state index contributed by atoms with van der Waals surface area (Å²) in [5.41, 5.74) is 0. The Morgan fingerprint density at radius 1 is 0.344 bits per heavy atom. The Labute approximate surface area is 375 Å². The fraction of sp³-hybridized carbons (Fsp3) is 0.655. The molecule has 1 unspecified atom stereocenters. The lowest BCUT2D eigenvalue weighted by atomic mass is 10.0. The van der Waals surface area contributed by atoms with Crippen molar-refractivity contribution in [3.8, 4) is 0 Å². The van der Waals surface area contributed by atoms with Gasteiger partial charge in [-0.3, -0.25) is 14.4 Å². The average molecular weight is 847 g/mol. The van der Waals surface area contributed by atoms with Gasteiger partial charge in [-0.25, -0.2) is 0 Å². The number of carbonyl (C=O) groups is 3. The van der Waals surface area contributed by atoms with Gasteiger partial charge in [0.15, 0.2) is 6.10 Å². The predicted molar refractivity (Wildman–Crippen MR) is 260 cm³/mol. The lowest BCUT2D eigenvalue weighted by Crippen LogP contribution is -2.30. The van der Waals surface area contributed by atoms with Gasteiger partial charge in [0.25, 0.3) is 0 Å². The number of hydrogen-bond acceptors (Lipinski definition) is 6. The van der Waals surface area contributed by atoms with E-state index in [-0.39, 0.29) is 31.1 Å². The minimum atomic E-state index is -0.798. The van der Waals surface area contributed by atoms with E-state index in [2.05, 4.69) is 45.1 Å². The van der Waals surface area contributed by atoms with Crippen molar-refractivity contribution in [3.05, 3.63) is 97.2 Å². The smallest absolute Gasteiger partial charge is 0.306 e.